The number of sulfonamides is 1. The molecule has 17 heavy (non-hydrogen) atoms. The Morgan fingerprint density at radius 3 is 2.47 bits per heavy atom. The lowest BCUT2D eigenvalue weighted by Gasteiger charge is -2.05. The molecule has 0 unspecified atom stereocenters. The van der Waals surface area contributed by atoms with Gasteiger partial charge in [-0.2, -0.15) is 0 Å². The summed E-state index contributed by atoms with van der Waals surface area (Å²) in [6.07, 6.45) is 0.523. The molecule has 1 rings (SSSR count). The zero-order valence-electron chi connectivity index (χ0n) is 9.53. The van der Waals surface area contributed by atoms with Gasteiger partial charge in [-0.15, -0.1) is 11.8 Å². The molecule has 0 heterocycles. The van der Waals surface area contributed by atoms with Crippen molar-refractivity contribution in [3.8, 4) is 11.8 Å². The van der Waals surface area contributed by atoms with Crippen LogP contribution in [0.15, 0.2) is 29.2 Å². The normalized spacial score (nSPS) is 10.7. The highest BCUT2D eigenvalue weighted by atomic mass is 79.9. The molecule has 0 bridgehead atoms. The lowest BCUT2D eigenvalue weighted by Crippen LogP contribution is -2.24. The van der Waals surface area contributed by atoms with Gasteiger partial charge >= 0.3 is 0 Å². The molecule has 1 aromatic rings. The third-order valence-corrected chi connectivity index (χ3v) is 4.23. The Morgan fingerprint density at radius 1 is 1.29 bits per heavy atom. The predicted molar refractivity (Wildman–Crippen MR) is 72.3 cm³/mol. The SMILES string of the molecule is CC#CCCNS(=O)(=O)c1ccc(CBr)cc1. The molecule has 0 fully saturated rings. The molecule has 3 nitrogen and oxygen atoms in total. The van der Waals surface area contributed by atoms with E-state index in [-0.39, 0.29) is 4.90 Å². The van der Waals surface area contributed by atoms with Crippen LogP contribution in [0.4, 0.5) is 0 Å². The first-order chi connectivity index (χ1) is 8.10. The third kappa shape index (κ3) is 4.50. The molecule has 0 saturated heterocycles. The van der Waals surface area contributed by atoms with E-state index in [0.717, 1.165) is 5.56 Å². The average Bonchev–Trinajstić information content (AvgIpc) is 2.35. The van der Waals surface area contributed by atoms with Crippen molar-refractivity contribution in [3.63, 3.8) is 0 Å². The predicted octanol–water partition coefficient (Wildman–Crippen LogP) is 2.27. The Labute approximate surface area is 111 Å². The topological polar surface area (TPSA) is 46.2 Å². The van der Waals surface area contributed by atoms with E-state index in [1.54, 1.807) is 31.2 Å². The summed E-state index contributed by atoms with van der Waals surface area (Å²) in [6, 6.07) is 6.78. The monoisotopic (exact) mass is 315 g/mol. The molecule has 0 saturated carbocycles. The number of halogens is 1. The summed E-state index contributed by atoms with van der Waals surface area (Å²) in [6.45, 7) is 2.07. The smallest absolute Gasteiger partial charge is 0.210 e. The van der Waals surface area contributed by atoms with Crippen LogP contribution in [0.5, 0.6) is 0 Å². The molecule has 0 atom stereocenters. The summed E-state index contributed by atoms with van der Waals surface area (Å²) in [7, 11) is -3.40. The summed E-state index contributed by atoms with van der Waals surface area (Å²) in [5, 5.41) is 0.715. The maximum absolute atomic E-state index is 11.8. The second-order valence-electron chi connectivity index (χ2n) is 3.35. The molecule has 0 aromatic heterocycles. The van der Waals surface area contributed by atoms with E-state index in [0.29, 0.717) is 18.3 Å². The molecule has 0 aliphatic carbocycles. The highest BCUT2D eigenvalue weighted by Crippen LogP contribution is 2.12. The van der Waals surface area contributed by atoms with E-state index in [9.17, 15) is 8.42 Å². The maximum atomic E-state index is 11.8. The van der Waals surface area contributed by atoms with E-state index in [2.05, 4.69) is 32.5 Å². The van der Waals surface area contributed by atoms with Crippen LogP contribution in [0.2, 0.25) is 0 Å². The Hall–Kier alpha value is -0.830. The number of benzene rings is 1. The minimum Gasteiger partial charge on any atom is -0.210 e. The molecule has 0 spiro atoms. The van der Waals surface area contributed by atoms with Crippen molar-refractivity contribution in [1.82, 2.24) is 4.72 Å². The zero-order chi connectivity index (χ0) is 12.7. The van der Waals surface area contributed by atoms with Gasteiger partial charge in [0.15, 0.2) is 0 Å². The van der Waals surface area contributed by atoms with Crippen molar-refractivity contribution in [2.24, 2.45) is 0 Å². The van der Waals surface area contributed by atoms with Crippen LogP contribution in [0.1, 0.15) is 18.9 Å². The molecule has 1 N–H and O–H groups in total. The van der Waals surface area contributed by atoms with Gasteiger partial charge < -0.3 is 0 Å². The van der Waals surface area contributed by atoms with E-state index < -0.39 is 10.0 Å². The summed E-state index contributed by atoms with van der Waals surface area (Å²) in [5.74, 6) is 5.53. The molecule has 1 aromatic carbocycles. The number of hydrogen-bond acceptors (Lipinski definition) is 2. The highest BCUT2D eigenvalue weighted by Gasteiger charge is 2.12. The van der Waals surface area contributed by atoms with Gasteiger partial charge in [0, 0.05) is 18.3 Å². The van der Waals surface area contributed by atoms with Crippen LogP contribution in [-0.2, 0) is 15.4 Å². The maximum Gasteiger partial charge on any atom is 0.240 e. The Bertz CT molecular complexity index is 512. The number of nitrogens with one attached hydrogen (secondary N) is 1. The molecule has 5 heteroatoms. The first-order valence-corrected chi connectivity index (χ1v) is 7.75. The Kier molecular flexibility index (Phi) is 5.69. The van der Waals surface area contributed by atoms with Crippen molar-refractivity contribution in [2.75, 3.05) is 6.54 Å². The van der Waals surface area contributed by atoms with Gasteiger partial charge in [-0.25, -0.2) is 13.1 Å². The van der Waals surface area contributed by atoms with E-state index in [1.807, 2.05) is 0 Å². The van der Waals surface area contributed by atoms with E-state index >= 15 is 0 Å². The van der Waals surface area contributed by atoms with Crippen molar-refractivity contribution in [2.45, 2.75) is 23.6 Å². The number of hydrogen-bond donors (Lipinski definition) is 1. The van der Waals surface area contributed by atoms with Crippen molar-refractivity contribution in [3.05, 3.63) is 29.8 Å². The molecular formula is C12H14BrNO2S. The van der Waals surface area contributed by atoms with Gasteiger partial charge in [-0.05, 0) is 24.6 Å². The zero-order valence-corrected chi connectivity index (χ0v) is 11.9. The minimum atomic E-state index is -3.40. The van der Waals surface area contributed by atoms with Gasteiger partial charge in [-0.3, -0.25) is 0 Å². The third-order valence-electron chi connectivity index (χ3n) is 2.11. The van der Waals surface area contributed by atoms with Crippen LogP contribution in [0.3, 0.4) is 0 Å². The fraction of sp³-hybridized carbons (Fsp3) is 0.333. The minimum absolute atomic E-state index is 0.284. The van der Waals surface area contributed by atoms with Crippen molar-refractivity contribution in [1.29, 1.82) is 0 Å². The molecule has 0 amide bonds. The van der Waals surface area contributed by atoms with Crippen molar-refractivity contribution < 1.29 is 8.42 Å². The fourth-order valence-corrected chi connectivity index (χ4v) is 2.62. The number of alkyl halides is 1. The second kappa shape index (κ2) is 6.80. The van der Waals surface area contributed by atoms with Gasteiger partial charge in [0.25, 0.3) is 0 Å². The number of rotatable bonds is 5. The molecule has 0 aliphatic heterocycles. The van der Waals surface area contributed by atoms with Crippen LogP contribution in [0.25, 0.3) is 0 Å². The summed E-state index contributed by atoms with van der Waals surface area (Å²) >= 11 is 3.31. The second-order valence-corrected chi connectivity index (χ2v) is 5.68. The van der Waals surface area contributed by atoms with Gasteiger partial charge in [0.1, 0.15) is 0 Å². The Balaban J connectivity index is 2.70. The first kappa shape index (κ1) is 14.2. The Morgan fingerprint density at radius 2 is 1.94 bits per heavy atom. The molecule has 92 valence electrons. The van der Waals surface area contributed by atoms with E-state index in [1.165, 1.54) is 0 Å². The summed E-state index contributed by atoms with van der Waals surface area (Å²) in [4.78, 5) is 0.284. The van der Waals surface area contributed by atoms with E-state index in [4.69, 9.17) is 0 Å². The van der Waals surface area contributed by atoms with Crippen LogP contribution < -0.4 is 4.72 Å². The van der Waals surface area contributed by atoms with Crippen LogP contribution in [0, 0.1) is 11.8 Å². The summed E-state index contributed by atoms with van der Waals surface area (Å²) < 4.78 is 26.2. The standard InChI is InChI=1S/C12H14BrNO2S/c1-2-3-4-9-14-17(15,16)12-7-5-11(10-13)6-8-12/h5-8,14H,4,9-10H2,1H3. The van der Waals surface area contributed by atoms with Crippen LogP contribution in [-0.4, -0.2) is 15.0 Å². The van der Waals surface area contributed by atoms with Crippen LogP contribution >= 0.6 is 15.9 Å². The molecular weight excluding hydrogens is 302 g/mol. The van der Waals surface area contributed by atoms with Gasteiger partial charge in [0.2, 0.25) is 10.0 Å². The average molecular weight is 316 g/mol. The van der Waals surface area contributed by atoms with Gasteiger partial charge in [-0.1, -0.05) is 28.1 Å². The van der Waals surface area contributed by atoms with Crippen molar-refractivity contribution >= 4 is 26.0 Å². The molecule has 0 radical (unpaired) electrons. The lowest BCUT2D eigenvalue weighted by atomic mass is 10.2. The quantitative estimate of drug-likeness (QED) is 0.515. The highest BCUT2D eigenvalue weighted by molar-refractivity contribution is 9.08. The summed E-state index contributed by atoms with van der Waals surface area (Å²) in [5.41, 5.74) is 1.04. The first-order valence-electron chi connectivity index (χ1n) is 5.14. The fourth-order valence-electron chi connectivity index (χ4n) is 1.21. The molecule has 0 aliphatic rings. The van der Waals surface area contributed by atoms with Gasteiger partial charge in [0.05, 0.1) is 4.90 Å². The largest absolute Gasteiger partial charge is 0.240 e. The lowest BCUT2D eigenvalue weighted by molar-refractivity contribution is 0.582.